The molecule has 4 nitrogen and oxygen atoms in total. The Morgan fingerprint density at radius 1 is 1.64 bits per heavy atom. The zero-order valence-corrected chi connectivity index (χ0v) is 8.84. The minimum atomic E-state index is 0.0936. The molecule has 1 fully saturated rings. The zero-order valence-electron chi connectivity index (χ0n) is 8.84. The maximum atomic E-state index is 10.9. The first-order valence-electron chi connectivity index (χ1n) is 5.32. The molecule has 0 aromatic carbocycles. The Morgan fingerprint density at radius 3 is 3.14 bits per heavy atom. The second kappa shape index (κ2) is 6.79. The van der Waals surface area contributed by atoms with Gasteiger partial charge in [-0.05, 0) is 25.3 Å². The van der Waals surface area contributed by atoms with Crippen molar-refractivity contribution >= 4 is 5.91 Å². The lowest BCUT2D eigenvalue weighted by atomic mass is 10.1. The fourth-order valence-corrected chi connectivity index (χ4v) is 1.57. The van der Waals surface area contributed by atoms with Gasteiger partial charge in [0.05, 0.1) is 6.61 Å². The van der Waals surface area contributed by atoms with Gasteiger partial charge in [0, 0.05) is 26.6 Å². The van der Waals surface area contributed by atoms with E-state index in [1.165, 1.54) is 6.42 Å². The standard InChI is InChI=1S/C10H20N2O2/c1-11-10(13)3-2-6-14-8-9-4-5-12-7-9/h9,12H,2-8H2,1H3,(H,11,13). The second-order valence-corrected chi connectivity index (χ2v) is 3.71. The van der Waals surface area contributed by atoms with Crippen molar-refractivity contribution in [3.05, 3.63) is 0 Å². The van der Waals surface area contributed by atoms with Crippen molar-refractivity contribution in [1.82, 2.24) is 10.6 Å². The number of carbonyl (C=O) groups excluding carboxylic acids is 1. The van der Waals surface area contributed by atoms with Gasteiger partial charge in [0.1, 0.15) is 0 Å². The fraction of sp³-hybridized carbons (Fsp3) is 0.900. The lowest BCUT2D eigenvalue weighted by Crippen LogP contribution is -2.18. The van der Waals surface area contributed by atoms with E-state index in [1.54, 1.807) is 7.05 Å². The first kappa shape index (κ1) is 11.5. The van der Waals surface area contributed by atoms with Crippen molar-refractivity contribution in [2.75, 3.05) is 33.4 Å². The summed E-state index contributed by atoms with van der Waals surface area (Å²) in [7, 11) is 1.66. The van der Waals surface area contributed by atoms with Gasteiger partial charge < -0.3 is 15.4 Å². The van der Waals surface area contributed by atoms with Gasteiger partial charge in [0.25, 0.3) is 0 Å². The van der Waals surface area contributed by atoms with Gasteiger partial charge in [-0.1, -0.05) is 0 Å². The van der Waals surface area contributed by atoms with Gasteiger partial charge in [0.2, 0.25) is 5.91 Å². The summed E-state index contributed by atoms with van der Waals surface area (Å²) in [5, 5.41) is 5.89. The largest absolute Gasteiger partial charge is 0.381 e. The maximum Gasteiger partial charge on any atom is 0.219 e. The second-order valence-electron chi connectivity index (χ2n) is 3.71. The molecule has 0 aliphatic carbocycles. The predicted octanol–water partition coefficient (Wildman–Crippen LogP) is 0.139. The van der Waals surface area contributed by atoms with Crippen molar-refractivity contribution in [3.63, 3.8) is 0 Å². The van der Waals surface area contributed by atoms with Crippen LogP contribution in [0.3, 0.4) is 0 Å². The average Bonchev–Trinajstić information content (AvgIpc) is 2.69. The summed E-state index contributed by atoms with van der Waals surface area (Å²) in [6, 6.07) is 0. The monoisotopic (exact) mass is 200 g/mol. The van der Waals surface area contributed by atoms with Gasteiger partial charge >= 0.3 is 0 Å². The van der Waals surface area contributed by atoms with E-state index in [-0.39, 0.29) is 5.91 Å². The lowest BCUT2D eigenvalue weighted by molar-refractivity contribution is -0.120. The summed E-state index contributed by atoms with van der Waals surface area (Å²) in [6.07, 6.45) is 2.61. The summed E-state index contributed by atoms with van der Waals surface area (Å²) < 4.78 is 5.49. The van der Waals surface area contributed by atoms with Gasteiger partial charge in [-0.2, -0.15) is 0 Å². The summed E-state index contributed by atoms with van der Waals surface area (Å²) in [5.74, 6) is 0.770. The van der Waals surface area contributed by atoms with Crippen LogP contribution in [0, 0.1) is 5.92 Å². The van der Waals surface area contributed by atoms with Gasteiger partial charge in [-0.15, -0.1) is 0 Å². The van der Waals surface area contributed by atoms with E-state index in [2.05, 4.69) is 10.6 Å². The molecule has 4 heteroatoms. The molecular formula is C10H20N2O2. The van der Waals surface area contributed by atoms with Crippen molar-refractivity contribution in [3.8, 4) is 0 Å². The number of hydrogen-bond acceptors (Lipinski definition) is 3. The Bertz CT molecular complexity index is 168. The van der Waals surface area contributed by atoms with Crippen LogP contribution in [-0.2, 0) is 9.53 Å². The molecule has 0 saturated carbocycles. The molecule has 1 aliphatic rings. The minimum absolute atomic E-state index is 0.0936. The molecule has 2 N–H and O–H groups in total. The maximum absolute atomic E-state index is 10.9. The fourth-order valence-electron chi connectivity index (χ4n) is 1.57. The Balaban J connectivity index is 1.86. The van der Waals surface area contributed by atoms with Crippen LogP contribution in [0.25, 0.3) is 0 Å². The molecular weight excluding hydrogens is 180 g/mol. The van der Waals surface area contributed by atoms with Crippen LogP contribution in [0.2, 0.25) is 0 Å². The van der Waals surface area contributed by atoms with E-state index in [4.69, 9.17) is 4.74 Å². The number of nitrogens with one attached hydrogen (secondary N) is 2. The van der Waals surface area contributed by atoms with E-state index in [0.29, 0.717) is 18.9 Å². The molecule has 1 rings (SSSR count). The van der Waals surface area contributed by atoms with Crippen molar-refractivity contribution in [2.45, 2.75) is 19.3 Å². The SMILES string of the molecule is CNC(=O)CCCOCC1CCNC1. The Labute approximate surface area is 85.4 Å². The van der Waals surface area contributed by atoms with Crippen LogP contribution in [0.15, 0.2) is 0 Å². The van der Waals surface area contributed by atoms with E-state index in [9.17, 15) is 4.79 Å². The van der Waals surface area contributed by atoms with Crippen molar-refractivity contribution in [2.24, 2.45) is 5.92 Å². The van der Waals surface area contributed by atoms with E-state index in [0.717, 1.165) is 26.1 Å². The summed E-state index contributed by atoms with van der Waals surface area (Å²) in [5.41, 5.74) is 0. The third kappa shape index (κ3) is 4.58. The highest BCUT2D eigenvalue weighted by atomic mass is 16.5. The van der Waals surface area contributed by atoms with E-state index in [1.807, 2.05) is 0 Å². The average molecular weight is 200 g/mol. The Hall–Kier alpha value is -0.610. The zero-order chi connectivity index (χ0) is 10.2. The number of hydrogen-bond donors (Lipinski definition) is 2. The molecule has 14 heavy (non-hydrogen) atoms. The van der Waals surface area contributed by atoms with Crippen molar-refractivity contribution in [1.29, 1.82) is 0 Å². The Morgan fingerprint density at radius 2 is 2.50 bits per heavy atom. The topological polar surface area (TPSA) is 50.4 Å². The van der Waals surface area contributed by atoms with Gasteiger partial charge in [0.15, 0.2) is 0 Å². The van der Waals surface area contributed by atoms with Gasteiger partial charge in [-0.3, -0.25) is 4.79 Å². The number of ether oxygens (including phenoxy) is 1. The molecule has 1 heterocycles. The smallest absolute Gasteiger partial charge is 0.219 e. The molecule has 1 amide bonds. The lowest BCUT2D eigenvalue weighted by Gasteiger charge is -2.08. The molecule has 82 valence electrons. The van der Waals surface area contributed by atoms with Crippen LogP contribution >= 0.6 is 0 Å². The third-order valence-electron chi connectivity index (χ3n) is 2.49. The van der Waals surface area contributed by atoms with Crippen LogP contribution in [-0.4, -0.2) is 39.3 Å². The molecule has 1 atom stereocenters. The van der Waals surface area contributed by atoms with Crippen molar-refractivity contribution < 1.29 is 9.53 Å². The summed E-state index contributed by atoms with van der Waals surface area (Å²) >= 11 is 0. The Kier molecular flexibility index (Phi) is 5.56. The van der Waals surface area contributed by atoms with E-state index >= 15 is 0 Å². The van der Waals surface area contributed by atoms with Gasteiger partial charge in [-0.25, -0.2) is 0 Å². The molecule has 1 aliphatic heterocycles. The van der Waals surface area contributed by atoms with Crippen LogP contribution in [0.1, 0.15) is 19.3 Å². The molecule has 1 saturated heterocycles. The number of rotatable bonds is 6. The molecule has 0 bridgehead atoms. The summed E-state index contributed by atoms with van der Waals surface area (Å²) in [4.78, 5) is 10.9. The molecule has 0 aromatic rings. The number of carbonyl (C=O) groups is 1. The first-order chi connectivity index (χ1) is 6.83. The molecule has 0 spiro atoms. The third-order valence-corrected chi connectivity index (χ3v) is 2.49. The number of amides is 1. The first-order valence-corrected chi connectivity index (χ1v) is 5.32. The van der Waals surface area contributed by atoms with E-state index < -0.39 is 0 Å². The predicted molar refractivity (Wildman–Crippen MR) is 55.1 cm³/mol. The normalized spacial score (nSPS) is 21.1. The molecule has 0 radical (unpaired) electrons. The molecule has 1 unspecified atom stereocenters. The summed E-state index contributed by atoms with van der Waals surface area (Å²) in [6.45, 7) is 3.73. The van der Waals surface area contributed by atoms with Crippen LogP contribution in [0.4, 0.5) is 0 Å². The highest BCUT2D eigenvalue weighted by Gasteiger charge is 2.13. The molecule has 0 aromatic heterocycles. The van der Waals surface area contributed by atoms with Crippen LogP contribution < -0.4 is 10.6 Å². The minimum Gasteiger partial charge on any atom is -0.381 e. The highest BCUT2D eigenvalue weighted by Crippen LogP contribution is 2.07. The highest BCUT2D eigenvalue weighted by molar-refractivity contribution is 5.75. The quantitative estimate of drug-likeness (QED) is 0.600. The van der Waals surface area contributed by atoms with Crippen LogP contribution in [0.5, 0.6) is 0 Å².